The van der Waals surface area contributed by atoms with Crippen LogP contribution in [0.15, 0.2) is 0 Å². The highest BCUT2D eigenvalue weighted by Gasteiger charge is 2.08. The molecule has 0 fully saturated rings. The van der Waals surface area contributed by atoms with Gasteiger partial charge < -0.3 is 10.7 Å². The van der Waals surface area contributed by atoms with Crippen molar-refractivity contribution in [3.05, 3.63) is 16.7 Å². The smallest absolute Gasteiger partial charge is 0.151 e. The Balaban J connectivity index is 2.95. The topological polar surface area (TPSA) is 54.7 Å². The lowest BCUT2D eigenvalue weighted by Gasteiger charge is -1.96. The van der Waals surface area contributed by atoms with E-state index in [1.807, 2.05) is 0 Å². The van der Waals surface area contributed by atoms with Crippen molar-refractivity contribution in [3.63, 3.8) is 0 Å². The van der Waals surface area contributed by atoms with E-state index in [1.54, 1.807) is 0 Å². The highest BCUT2D eigenvalue weighted by molar-refractivity contribution is 6.30. The van der Waals surface area contributed by atoms with E-state index in [4.69, 9.17) is 17.3 Å². The molecule has 3 nitrogen and oxygen atoms in total. The maximum Gasteiger partial charge on any atom is 0.151 e. The molecule has 62 valence electrons. The largest absolute Gasteiger partial charge is 0.343 e. The van der Waals surface area contributed by atoms with Gasteiger partial charge in [0.1, 0.15) is 5.82 Å². The van der Waals surface area contributed by atoms with Crippen LogP contribution in [0.3, 0.4) is 0 Å². The number of hydrogen-bond acceptors (Lipinski definition) is 2. The quantitative estimate of drug-likeness (QED) is 0.715. The fraction of sp³-hybridized carbons (Fsp3) is 0.571. The predicted molar refractivity (Wildman–Crippen MR) is 45.6 cm³/mol. The van der Waals surface area contributed by atoms with Gasteiger partial charge in [0.05, 0.1) is 5.69 Å². The molecule has 0 spiro atoms. The zero-order valence-electron chi connectivity index (χ0n) is 6.69. The van der Waals surface area contributed by atoms with Gasteiger partial charge in [0, 0.05) is 12.5 Å². The van der Waals surface area contributed by atoms with Gasteiger partial charge in [-0.25, -0.2) is 4.98 Å². The molecule has 11 heavy (non-hydrogen) atoms. The lowest BCUT2D eigenvalue weighted by atomic mass is 10.2. The Kier molecular flexibility index (Phi) is 2.52. The number of rotatable bonds is 2. The van der Waals surface area contributed by atoms with Crippen molar-refractivity contribution in [1.29, 1.82) is 0 Å². The maximum atomic E-state index is 5.77. The lowest BCUT2D eigenvalue weighted by molar-refractivity contribution is 0.788. The van der Waals surface area contributed by atoms with E-state index in [0.29, 0.717) is 17.6 Å². The van der Waals surface area contributed by atoms with Gasteiger partial charge in [-0.15, -0.1) is 0 Å². The second-order valence-corrected chi connectivity index (χ2v) is 3.11. The molecule has 4 heteroatoms. The first-order valence-corrected chi connectivity index (χ1v) is 3.97. The zero-order chi connectivity index (χ0) is 8.43. The molecule has 1 aromatic rings. The number of nitrogens with one attached hydrogen (secondary N) is 1. The lowest BCUT2D eigenvalue weighted by Crippen LogP contribution is -1.97. The fourth-order valence-corrected chi connectivity index (χ4v) is 1.03. The molecule has 0 amide bonds. The van der Waals surface area contributed by atoms with Gasteiger partial charge in [-0.05, 0) is 0 Å². The number of aromatic nitrogens is 2. The molecule has 0 saturated carbocycles. The Morgan fingerprint density at radius 2 is 2.27 bits per heavy atom. The molecule has 1 aromatic heterocycles. The van der Waals surface area contributed by atoms with Crippen molar-refractivity contribution in [1.82, 2.24) is 9.97 Å². The van der Waals surface area contributed by atoms with Crippen LogP contribution in [0.2, 0.25) is 5.15 Å². The summed E-state index contributed by atoms with van der Waals surface area (Å²) in [5, 5.41) is 0.496. The third-order valence-electron chi connectivity index (χ3n) is 1.50. The minimum absolute atomic E-state index is 0.368. The summed E-state index contributed by atoms with van der Waals surface area (Å²) in [5.41, 5.74) is 6.22. The molecule has 1 heterocycles. The Bertz CT molecular complexity index is 242. The summed E-state index contributed by atoms with van der Waals surface area (Å²) in [7, 11) is 0. The number of halogens is 1. The first-order chi connectivity index (χ1) is 5.15. The molecule has 0 aliphatic carbocycles. The number of nitrogens with two attached hydrogens (primary N) is 1. The molecular formula is C7H12ClN3. The van der Waals surface area contributed by atoms with Crippen LogP contribution in [-0.2, 0) is 6.54 Å². The van der Waals surface area contributed by atoms with E-state index >= 15 is 0 Å². The summed E-state index contributed by atoms with van der Waals surface area (Å²) in [6, 6.07) is 0. The molecule has 3 N–H and O–H groups in total. The first kappa shape index (κ1) is 8.56. The molecule has 1 rings (SSSR count). The van der Waals surface area contributed by atoms with Gasteiger partial charge in [0.15, 0.2) is 5.15 Å². The Morgan fingerprint density at radius 3 is 2.55 bits per heavy atom. The van der Waals surface area contributed by atoms with E-state index in [1.165, 1.54) is 0 Å². The van der Waals surface area contributed by atoms with Crippen LogP contribution in [0.5, 0.6) is 0 Å². The van der Waals surface area contributed by atoms with E-state index < -0.39 is 0 Å². The van der Waals surface area contributed by atoms with Crippen LogP contribution in [0.25, 0.3) is 0 Å². The highest BCUT2D eigenvalue weighted by Crippen LogP contribution is 2.17. The van der Waals surface area contributed by atoms with Crippen LogP contribution in [-0.4, -0.2) is 9.97 Å². The first-order valence-electron chi connectivity index (χ1n) is 3.59. The van der Waals surface area contributed by atoms with Crippen molar-refractivity contribution in [2.45, 2.75) is 26.3 Å². The highest BCUT2D eigenvalue weighted by atomic mass is 35.5. The Morgan fingerprint density at radius 1 is 1.64 bits per heavy atom. The average molecular weight is 174 g/mol. The molecule has 0 aromatic carbocycles. The van der Waals surface area contributed by atoms with E-state index in [2.05, 4.69) is 23.8 Å². The minimum atomic E-state index is 0.368. The van der Waals surface area contributed by atoms with Gasteiger partial charge in [0.25, 0.3) is 0 Å². The molecule has 0 atom stereocenters. The summed E-state index contributed by atoms with van der Waals surface area (Å²) >= 11 is 5.77. The van der Waals surface area contributed by atoms with E-state index in [0.717, 1.165) is 11.5 Å². The molecule has 0 saturated heterocycles. The van der Waals surface area contributed by atoms with Crippen molar-refractivity contribution in [3.8, 4) is 0 Å². The van der Waals surface area contributed by atoms with Crippen molar-refractivity contribution < 1.29 is 0 Å². The normalized spacial score (nSPS) is 11.0. The van der Waals surface area contributed by atoms with Crippen LogP contribution < -0.4 is 5.73 Å². The second kappa shape index (κ2) is 3.24. The number of aromatic amines is 1. The summed E-state index contributed by atoms with van der Waals surface area (Å²) in [5.74, 6) is 1.27. The number of imidazole rings is 1. The molecule has 0 aliphatic rings. The van der Waals surface area contributed by atoms with Gasteiger partial charge >= 0.3 is 0 Å². The van der Waals surface area contributed by atoms with Crippen molar-refractivity contribution in [2.75, 3.05) is 0 Å². The molecule has 0 bridgehead atoms. The van der Waals surface area contributed by atoms with Gasteiger partial charge in [-0.2, -0.15) is 0 Å². The maximum absolute atomic E-state index is 5.77. The summed E-state index contributed by atoms with van der Waals surface area (Å²) < 4.78 is 0. The van der Waals surface area contributed by atoms with Crippen molar-refractivity contribution >= 4 is 11.6 Å². The third kappa shape index (κ3) is 1.73. The SMILES string of the molecule is CC(C)c1nc(Cl)c(CN)[nH]1. The van der Waals surface area contributed by atoms with Gasteiger partial charge in [-0.3, -0.25) is 0 Å². The average Bonchev–Trinajstić information content (AvgIpc) is 2.31. The Labute approximate surface area is 71.0 Å². The second-order valence-electron chi connectivity index (χ2n) is 2.75. The summed E-state index contributed by atoms with van der Waals surface area (Å²) in [4.78, 5) is 7.17. The third-order valence-corrected chi connectivity index (χ3v) is 1.81. The predicted octanol–water partition coefficient (Wildman–Crippen LogP) is 1.65. The van der Waals surface area contributed by atoms with E-state index in [9.17, 15) is 0 Å². The molecule has 0 radical (unpaired) electrons. The summed E-state index contributed by atoms with van der Waals surface area (Å²) in [6.07, 6.45) is 0. The van der Waals surface area contributed by atoms with Crippen LogP contribution in [0, 0.1) is 0 Å². The molecule has 0 aliphatic heterocycles. The fourth-order valence-electron chi connectivity index (χ4n) is 0.816. The standard InChI is InChI=1S/C7H12ClN3/c1-4(2)7-10-5(3-9)6(8)11-7/h4H,3,9H2,1-2H3,(H,10,11). The molecule has 0 unspecified atom stereocenters. The van der Waals surface area contributed by atoms with Crippen molar-refractivity contribution in [2.24, 2.45) is 5.73 Å². The van der Waals surface area contributed by atoms with Crippen LogP contribution >= 0.6 is 11.6 Å². The summed E-state index contributed by atoms with van der Waals surface area (Å²) in [6.45, 7) is 4.52. The molecular weight excluding hydrogens is 162 g/mol. The van der Waals surface area contributed by atoms with Gasteiger partial charge in [0.2, 0.25) is 0 Å². The number of H-pyrrole nitrogens is 1. The van der Waals surface area contributed by atoms with Gasteiger partial charge in [-0.1, -0.05) is 25.4 Å². The van der Waals surface area contributed by atoms with Crippen LogP contribution in [0.4, 0.5) is 0 Å². The number of hydrogen-bond donors (Lipinski definition) is 2. The number of nitrogens with zero attached hydrogens (tertiary/aromatic N) is 1. The Hall–Kier alpha value is -0.540. The zero-order valence-corrected chi connectivity index (χ0v) is 7.44. The van der Waals surface area contributed by atoms with E-state index in [-0.39, 0.29) is 0 Å². The minimum Gasteiger partial charge on any atom is -0.343 e. The van der Waals surface area contributed by atoms with Crippen LogP contribution in [0.1, 0.15) is 31.3 Å². The monoisotopic (exact) mass is 173 g/mol.